The molecule has 25 heavy (non-hydrogen) atoms. The van der Waals surface area contributed by atoms with Crippen molar-refractivity contribution in [2.24, 2.45) is 11.8 Å². The zero-order chi connectivity index (χ0) is 17.1. The molecule has 2 aliphatic rings. The van der Waals surface area contributed by atoms with E-state index in [1.165, 1.54) is 0 Å². The van der Waals surface area contributed by atoms with E-state index >= 15 is 0 Å². The van der Waals surface area contributed by atoms with Crippen LogP contribution in [0.15, 0.2) is 24.3 Å². The lowest BCUT2D eigenvalue weighted by Crippen LogP contribution is -2.38. The van der Waals surface area contributed by atoms with E-state index < -0.39 is 6.10 Å². The SMILES string of the molecule is COc1ccc(N2CC(C(=O)NCC3CNCC3O)CC2=O)cc1.Cl. The molecule has 3 atom stereocenters. The maximum absolute atomic E-state index is 12.3. The number of hydrogen-bond acceptors (Lipinski definition) is 5. The Morgan fingerprint density at radius 2 is 2.08 bits per heavy atom. The lowest BCUT2D eigenvalue weighted by Gasteiger charge is -2.18. The molecule has 0 aromatic heterocycles. The summed E-state index contributed by atoms with van der Waals surface area (Å²) in [4.78, 5) is 26.2. The molecule has 0 radical (unpaired) electrons. The Labute approximate surface area is 153 Å². The van der Waals surface area contributed by atoms with Gasteiger partial charge < -0.3 is 25.4 Å². The number of aliphatic hydroxyl groups is 1. The van der Waals surface area contributed by atoms with Gasteiger partial charge in [-0.1, -0.05) is 0 Å². The Morgan fingerprint density at radius 3 is 2.68 bits per heavy atom. The zero-order valence-corrected chi connectivity index (χ0v) is 14.9. The quantitative estimate of drug-likeness (QED) is 0.688. The first-order chi connectivity index (χ1) is 11.6. The van der Waals surface area contributed by atoms with Crippen molar-refractivity contribution in [1.82, 2.24) is 10.6 Å². The molecule has 1 aromatic carbocycles. The van der Waals surface area contributed by atoms with E-state index in [0.29, 0.717) is 26.2 Å². The Bertz CT molecular complexity index is 610. The number of benzene rings is 1. The third kappa shape index (κ3) is 4.42. The first kappa shape index (κ1) is 19.5. The molecule has 3 unspecified atom stereocenters. The maximum Gasteiger partial charge on any atom is 0.227 e. The number of nitrogens with one attached hydrogen (secondary N) is 2. The highest BCUT2D eigenvalue weighted by Crippen LogP contribution is 2.27. The normalized spacial score (nSPS) is 25.6. The lowest BCUT2D eigenvalue weighted by atomic mass is 10.0. The Kier molecular flexibility index (Phi) is 6.64. The van der Waals surface area contributed by atoms with Gasteiger partial charge in [-0.15, -0.1) is 12.4 Å². The highest BCUT2D eigenvalue weighted by Gasteiger charge is 2.35. The van der Waals surface area contributed by atoms with E-state index in [1.54, 1.807) is 24.1 Å². The smallest absolute Gasteiger partial charge is 0.227 e. The molecule has 2 saturated heterocycles. The van der Waals surface area contributed by atoms with Crippen LogP contribution in [0.1, 0.15) is 6.42 Å². The van der Waals surface area contributed by atoms with E-state index in [2.05, 4.69) is 10.6 Å². The van der Waals surface area contributed by atoms with Gasteiger partial charge in [0, 0.05) is 44.2 Å². The van der Waals surface area contributed by atoms with Gasteiger partial charge in [0.1, 0.15) is 5.75 Å². The van der Waals surface area contributed by atoms with E-state index in [-0.39, 0.29) is 42.5 Å². The molecule has 0 bridgehead atoms. The summed E-state index contributed by atoms with van der Waals surface area (Å²) in [6.45, 7) is 2.07. The summed E-state index contributed by atoms with van der Waals surface area (Å²) >= 11 is 0. The van der Waals surface area contributed by atoms with Crippen molar-refractivity contribution < 1.29 is 19.4 Å². The van der Waals surface area contributed by atoms with Crippen molar-refractivity contribution in [2.75, 3.05) is 38.2 Å². The number of aliphatic hydroxyl groups excluding tert-OH is 1. The molecule has 8 heteroatoms. The molecule has 2 aliphatic heterocycles. The fourth-order valence-corrected chi connectivity index (χ4v) is 3.20. The van der Waals surface area contributed by atoms with Crippen molar-refractivity contribution in [2.45, 2.75) is 12.5 Å². The number of carbonyl (C=O) groups excluding carboxylic acids is 2. The first-order valence-corrected chi connectivity index (χ1v) is 8.19. The van der Waals surface area contributed by atoms with Crippen molar-refractivity contribution in [1.29, 1.82) is 0 Å². The van der Waals surface area contributed by atoms with Crippen molar-refractivity contribution >= 4 is 29.9 Å². The maximum atomic E-state index is 12.3. The standard InChI is InChI=1S/C17H23N3O4.ClH/c1-24-14-4-2-13(3-5-14)20-10-11(6-16(20)22)17(23)19-8-12-7-18-9-15(12)21;/h2-5,11-12,15,18,21H,6-10H2,1H3,(H,19,23);1H. The molecule has 2 amide bonds. The summed E-state index contributed by atoms with van der Waals surface area (Å²) in [6.07, 6.45) is -0.213. The fourth-order valence-electron chi connectivity index (χ4n) is 3.20. The van der Waals surface area contributed by atoms with E-state index in [1.807, 2.05) is 12.1 Å². The number of methoxy groups -OCH3 is 1. The van der Waals surface area contributed by atoms with Gasteiger partial charge in [0.05, 0.1) is 19.1 Å². The predicted octanol–water partition coefficient (Wildman–Crippen LogP) is 0.166. The highest BCUT2D eigenvalue weighted by molar-refractivity contribution is 6.00. The van der Waals surface area contributed by atoms with Crippen LogP contribution in [0.2, 0.25) is 0 Å². The molecule has 0 spiro atoms. The largest absolute Gasteiger partial charge is 0.497 e. The number of rotatable bonds is 5. The Hall–Kier alpha value is -1.83. The summed E-state index contributed by atoms with van der Waals surface area (Å²) in [5.74, 6) is 0.222. The molecular weight excluding hydrogens is 346 g/mol. The summed E-state index contributed by atoms with van der Waals surface area (Å²) in [6, 6.07) is 7.23. The highest BCUT2D eigenvalue weighted by atomic mass is 35.5. The Morgan fingerprint density at radius 1 is 1.36 bits per heavy atom. The van der Waals surface area contributed by atoms with Gasteiger partial charge in [0.15, 0.2) is 0 Å². The van der Waals surface area contributed by atoms with Crippen molar-refractivity contribution in [3.05, 3.63) is 24.3 Å². The van der Waals surface area contributed by atoms with Gasteiger partial charge in [-0.05, 0) is 24.3 Å². The molecule has 0 saturated carbocycles. The summed E-state index contributed by atoms with van der Waals surface area (Å²) < 4.78 is 5.11. The van der Waals surface area contributed by atoms with Gasteiger partial charge in [0.2, 0.25) is 11.8 Å². The average Bonchev–Trinajstić information content (AvgIpc) is 3.18. The number of amides is 2. The van der Waals surface area contributed by atoms with Gasteiger partial charge in [-0.25, -0.2) is 0 Å². The number of nitrogens with zero attached hydrogens (tertiary/aromatic N) is 1. The third-order valence-corrected chi connectivity index (χ3v) is 4.72. The number of β-amino-alcohol motifs (C(OH)–C–C–N with tert-alkyl or cyclic N) is 1. The minimum absolute atomic E-state index is 0. The molecule has 1 aromatic rings. The van der Waals surface area contributed by atoms with Crippen LogP contribution < -0.4 is 20.3 Å². The zero-order valence-electron chi connectivity index (χ0n) is 14.1. The summed E-state index contributed by atoms with van der Waals surface area (Å²) in [7, 11) is 1.59. The van der Waals surface area contributed by atoms with Crippen LogP contribution in [0, 0.1) is 11.8 Å². The van der Waals surface area contributed by atoms with Gasteiger partial charge >= 0.3 is 0 Å². The number of carbonyl (C=O) groups is 2. The van der Waals surface area contributed by atoms with Gasteiger partial charge in [-0.2, -0.15) is 0 Å². The Balaban J connectivity index is 0.00000225. The van der Waals surface area contributed by atoms with Crippen LogP contribution in [-0.4, -0.2) is 56.3 Å². The minimum Gasteiger partial charge on any atom is -0.497 e. The number of ether oxygens (including phenoxy) is 1. The molecule has 3 N–H and O–H groups in total. The predicted molar refractivity (Wildman–Crippen MR) is 96.1 cm³/mol. The second-order valence-electron chi connectivity index (χ2n) is 6.33. The first-order valence-electron chi connectivity index (χ1n) is 8.19. The molecule has 2 fully saturated rings. The van der Waals surface area contributed by atoms with Crippen LogP contribution in [0.5, 0.6) is 5.75 Å². The number of halogens is 1. The van der Waals surface area contributed by atoms with Crippen LogP contribution >= 0.6 is 12.4 Å². The van der Waals surface area contributed by atoms with Crippen molar-refractivity contribution in [3.8, 4) is 5.75 Å². The minimum atomic E-state index is -0.425. The van der Waals surface area contributed by atoms with Crippen molar-refractivity contribution in [3.63, 3.8) is 0 Å². The van der Waals surface area contributed by atoms with Crippen LogP contribution in [0.25, 0.3) is 0 Å². The molecule has 7 nitrogen and oxygen atoms in total. The van der Waals surface area contributed by atoms with Crippen LogP contribution in [0.3, 0.4) is 0 Å². The van der Waals surface area contributed by atoms with E-state index in [4.69, 9.17) is 4.74 Å². The summed E-state index contributed by atoms with van der Waals surface area (Å²) in [5.41, 5.74) is 0.770. The topological polar surface area (TPSA) is 90.9 Å². The van der Waals surface area contributed by atoms with Crippen LogP contribution in [0.4, 0.5) is 5.69 Å². The average molecular weight is 370 g/mol. The molecule has 2 heterocycles. The lowest BCUT2D eigenvalue weighted by molar-refractivity contribution is -0.126. The summed E-state index contributed by atoms with van der Waals surface area (Å²) in [5, 5.41) is 15.7. The number of anilines is 1. The van der Waals surface area contributed by atoms with Gasteiger partial charge in [-0.3, -0.25) is 9.59 Å². The van der Waals surface area contributed by atoms with E-state index in [0.717, 1.165) is 11.4 Å². The molecule has 0 aliphatic carbocycles. The number of hydrogen-bond donors (Lipinski definition) is 3. The second kappa shape index (κ2) is 8.51. The molecular formula is C17H24ClN3O4. The molecule has 3 rings (SSSR count). The van der Waals surface area contributed by atoms with Crippen LogP contribution in [-0.2, 0) is 9.59 Å². The second-order valence-corrected chi connectivity index (χ2v) is 6.33. The van der Waals surface area contributed by atoms with E-state index in [9.17, 15) is 14.7 Å². The fraction of sp³-hybridized carbons (Fsp3) is 0.529. The third-order valence-electron chi connectivity index (χ3n) is 4.72. The van der Waals surface area contributed by atoms with Gasteiger partial charge in [0.25, 0.3) is 0 Å². The monoisotopic (exact) mass is 369 g/mol. The molecule has 138 valence electrons.